The van der Waals surface area contributed by atoms with Crippen LogP contribution in [0.4, 0.5) is 5.69 Å². The smallest absolute Gasteiger partial charge is 0.337 e. The van der Waals surface area contributed by atoms with Gasteiger partial charge in [0.25, 0.3) is 0 Å². The first-order valence-corrected chi connectivity index (χ1v) is 7.56. The SMILES string of the molecule is COC(=O)c1cc(NC2=CC(=O)CC(C)(C)C2)cc(C(=O)OC)c1. The first kappa shape index (κ1) is 17.7. The van der Waals surface area contributed by atoms with Crippen molar-refractivity contribution in [1.29, 1.82) is 0 Å². The van der Waals surface area contributed by atoms with Crippen molar-refractivity contribution in [2.75, 3.05) is 19.5 Å². The number of esters is 2. The molecule has 0 fully saturated rings. The average Bonchev–Trinajstić information content (AvgIpc) is 2.50. The number of hydrogen-bond donors (Lipinski definition) is 1. The Bertz CT molecular complexity index is 684. The molecule has 24 heavy (non-hydrogen) atoms. The standard InChI is InChI=1S/C18H21NO5/c1-18(2)9-14(8-15(20)10-18)19-13-6-11(16(21)23-3)5-12(7-13)17(22)24-4/h5-8,19H,9-10H2,1-4H3. The molecule has 0 amide bonds. The lowest BCUT2D eigenvalue weighted by Gasteiger charge is -2.29. The van der Waals surface area contributed by atoms with Crippen LogP contribution in [0.1, 0.15) is 47.4 Å². The molecule has 6 nitrogen and oxygen atoms in total. The van der Waals surface area contributed by atoms with Gasteiger partial charge >= 0.3 is 11.9 Å². The molecule has 1 aliphatic carbocycles. The molecular weight excluding hydrogens is 310 g/mol. The molecule has 1 aromatic rings. The molecule has 0 saturated carbocycles. The fourth-order valence-corrected chi connectivity index (χ4v) is 2.78. The van der Waals surface area contributed by atoms with E-state index in [9.17, 15) is 14.4 Å². The number of benzene rings is 1. The number of ether oxygens (including phenoxy) is 2. The topological polar surface area (TPSA) is 81.7 Å². The zero-order chi connectivity index (χ0) is 17.9. The van der Waals surface area contributed by atoms with E-state index in [2.05, 4.69) is 5.32 Å². The van der Waals surface area contributed by atoms with E-state index >= 15 is 0 Å². The van der Waals surface area contributed by atoms with Crippen molar-refractivity contribution in [3.05, 3.63) is 41.1 Å². The Hall–Kier alpha value is -2.63. The molecule has 0 atom stereocenters. The van der Waals surface area contributed by atoms with Gasteiger partial charge in [0.1, 0.15) is 0 Å². The number of rotatable bonds is 4. The largest absolute Gasteiger partial charge is 0.465 e. The monoisotopic (exact) mass is 331 g/mol. The normalized spacial score (nSPS) is 16.2. The van der Waals surface area contributed by atoms with Gasteiger partial charge in [-0.2, -0.15) is 0 Å². The summed E-state index contributed by atoms with van der Waals surface area (Å²) in [5.74, 6) is -1.07. The molecule has 0 bridgehead atoms. The molecule has 2 rings (SSSR count). The van der Waals surface area contributed by atoms with Crippen molar-refractivity contribution < 1.29 is 23.9 Å². The zero-order valence-electron chi connectivity index (χ0n) is 14.3. The van der Waals surface area contributed by atoms with Crippen molar-refractivity contribution >= 4 is 23.4 Å². The summed E-state index contributed by atoms with van der Waals surface area (Å²) < 4.78 is 9.42. The van der Waals surface area contributed by atoms with E-state index in [1.807, 2.05) is 13.8 Å². The van der Waals surface area contributed by atoms with E-state index in [0.717, 1.165) is 5.70 Å². The minimum absolute atomic E-state index is 0.0473. The summed E-state index contributed by atoms with van der Waals surface area (Å²) in [7, 11) is 2.54. The predicted molar refractivity (Wildman–Crippen MR) is 88.8 cm³/mol. The van der Waals surface area contributed by atoms with Crippen LogP contribution in [0, 0.1) is 5.41 Å². The van der Waals surface area contributed by atoms with Crippen LogP contribution in [0.15, 0.2) is 30.0 Å². The van der Waals surface area contributed by atoms with E-state index in [0.29, 0.717) is 18.5 Å². The molecule has 0 aliphatic heterocycles. The Morgan fingerprint density at radius 1 is 1.00 bits per heavy atom. The number of carbonyl (C=O) groups excluding carboxylic acids is 3. The first-order chi connectivity index (χ1) is 11.2. The van der Waals surface area contributed by atoms with Crippen molar-refractivity contribution in [3.8, 4) is 0 Å². The van der Waals surface area contributed by atoms with Crippen molar-refractivity contribution in [2.45, 2.75) is 26.7 Å². The van der Waals surface area contributed by atoms with Crippen LogP contribution < -0.4 is 5.32 Å². The second kappa shape index (κ2) is 6.86. The van der Waals surface area contributed by atoms with Gasteiger partial charge in [0.15, 0.2) is 5.78 Å². The number of hydrogen-bond acceptors (Lipinski definition) is 6. The van der Waals surface area contributed by atoms with Gasteiger partial charge < -0.3 is 14.8 Å². The summed E-state index contributed by atoms with van der Waals surface area (Å²) in [5, 5.41) is 3.13. The molecule has 0 radical (unpaired) electrons. The molecule has 128 valence electrons. The van der Waals surface area contributed by atoms with E-state index < -0.39 is 11.9 Å². The van der Waals surface area contributed by atoms with Crippen LogP contribution in [-0.4, -0.2) is 31.9 Å². The van der Waals surface area contributed by atoms with Gasteiger partial charge in [0.2, 0.25) is 0 Å². The molecule has 0 unspecified atom stereocenters. The van der Waals surface area contributed by atoms with Crippen LogP contribution in [0.2, 0.25) is 0 Å². The van der Waals surface area contributed by atoms with Gasteiger partial charge in [-0.1, -0.05) is 13.8 Å². The third-order valence-corrected chi connectivity index (χ3v) is 3.74. The quantitative estimate of drug-likeness (QED) is 0.854. The molecule has 1 aliphatic rings. The van der Waals surface area contributed by atoms with Gasteiger partial charge in [0.05, 0.1) is 25.3 Å². The van der Waals surface area contributed by atoms with Crippen LogP contribution in [-0.2, 0) is 14.3 Å². The lowest BCUT2D eigenvalue weighted by Crippen LogP contribution is -2.24. The second-order valence-electron chi connectivity index (χ2n) is 6.56. The molecule has 0 spiro atoms. The maximum atomic E-state index is 11.9. The number of allylic oxidation sites excluding steroid dienone is 2. The summed E-state index contributed by atoms with van der Waals surface area (Å²) in [6.07, 6.45) is 2.75. The Kier molecular flexibility index (Phi) is 5.07. The fourth-order valence-electron chi connectivity index (χ4n) is 2.78. The maximum absolute atomic E-state index is 11.9. The molecule has 0 aromatic heterocycles. The highest BCUT2D eigenvalue weighted by Gasteiger charge is 2.27. The molecular formula is C18H21NO5. The summed E-state index contributed by atoms with van der Waals surface area (Å²) >= 11 is 0. The second-order valence-corrected chi connectivity index (χ2v) is 6.56. The predicted octanol–water partition coefficient (Wildman–Crippen LogP) is 2.94. The maximum Gasteiger partial charge on any atom is 0.337 e. The lowest BCUT2D eigenvalue weighted by molar-refractivity contribution is -0.117. The fraction of sp³-hybridized carbons (Fsp3) is 0.389. The van der Waals surface area contributed by atoms with Gasteiger partial charge in [0, 0.05) is 23.9 Å². The van der Waals surface area contributed by atoms with Crippen molar-refractivity contribution in [1.82, 2.24) is 0 Å². The van der Waals surface area contributed by atoms with E-state index in [1.165, 1.54) is 20.3 Å². The minimum atomic E-state index is -0.558. The number of nitrogens with one attached hydrogen (secondary N) is 1. The number of methoxy groups -OCH3 is 2. The highest BCUT2D eigenvalue weighted by atomic mass is 16.5. The molecule has 0 heterocycles. The third-order valence-electron chi connectivity index (χ3n) is 3.74. The summed E-state index contributed by atoms with van der Waals surface area (Å²) in [5.41, 5.74) is 1.58. The number of anilines is 1. The van der Waals surface area contributed by atoms with Gasteiger partial charge in [-0.3, -0.25) is 4.79 Å². The van der Waals surface area contributed by atoms with Gasteiger partial charge in [-0.05, 0) is 30.0 Å². The third kappa shape index (κ3) is 4.22. The van der Waals surface area contributed by atoms with Crippen LogP contribution >= 0.6 is 0 Å². The summed E-state index contributed by atoms with van der Waals surface area (Å²) in [6, 6.07) is 4.56. The van der Waals surface area contributed by atoms with E-state index in [1.54, 1.807) is 18.2 Å². The Labute approximate surface area is 140 Å². The first-order valence-electron chi connectivity index (χ1n) is 7.56. The van der Waals surface area contributed by atoms with Crippen LogP contribution in [0.25, 0.3) is 0 Å². The zero-order valence-corrected chi connectivity index (χ0v) is 14.3. The Balaban J connectivity index is 2.37. The van der Waals surface area contributed by atoms with Crippen molar-refractivity contribution in [3.63, 3.8) is 0 Å². The van der Waals surface area contributed by atoms with Crippen LogP contribution in [0.3, 0.4) is 0 Å². The van der Waals surface area contributed by atoms with Crippen molar-refractivity contribution in [2.24, 2.45) is 5.41 Å². The lowest BCUT2D eigenvalue weighted by atomic mass is 9.79. The Morgan fingerprint density at radius 3 is 2.00 bits per heavy atom. The van der Waals surface area contributed by atoms with Gasteiger partial charge in [-0.25, -0.2) is 9.59 Å². The van der Waals surface area contributed by atoms with Crippen LogP contribution in [0.5, 0.6) is 0 Å². The minimum Gasteiger partial charge on any atom is -0.465 e. The van der Waals surface area contributed by atoms with E-state index in [4.69, 9.17) is 9.47 Å². The molecule has 6 heteroatoms. The average molecular weight is 331 g/mol. The van der Waals surface area contributed by atoms with Gasteiger partial charge in [-0.15, -0.1) is 0 Å². The highest BCUT2D eigenvalue weighted by molar-refractivity contribution is 5.97. The summed E-state index contributed by atoms with van der Waals surface area (Å²) in [6.45, 7) is 4.04. The highest BCUT2D eigenvalue weighted by Crippen LogP contribution is 2.34. The number of ketones is 1. The number of carbonyl (C=O) groups is 3. The van der Waals surface area contributed by atoms with E-state index in [-0.39, 0.29) is 22.3 Å². The molecule has 1 aromatic carbocycles. The molecule has 0 saturated heterocycles. The summed E-state index contributed by atoms with van der Waals surface area (Å²) in [4.78, 5) is 35.5. The Morgan fingerprint density at radius 2 is 1.54 bits per heavy atom. The molecule has 1 N–H and O–H groups in total.